The van der Waals surface area contributed by atoms with Crippen LogP contribution >= 0.6 is 0 Å². The highest BCUT2D eigenvalue weighted by molar-refractivity contribution is 5.78. The first kappa shape index (κ1) is 21.1. The minimum Gasteiger partial charge on any atom is -0.406 e. The van der Waals surface area contributed by atoms with Crippen LogP contribution < -0.4 is 15.6 Å². The third kappa shape index (κ3) is 5.27. The van der Waals surface area contributed by atoms with E-state index >= 15 is 0 Å². The number of ether oxygens (including phenoxy) is 1. The van der Waals surface area contributed by atoms with E-state index in [1.807, 2.05) is 0 Å². The first-order chi connectivity index (χ1) is 14.1. The molecule has 12 heteroatoms. The second kappa shape index (κ2) is 8.43. The predicted molar refractivity (Wildman–Crippen MR) is 93.6 cm³/mol. The number of carbonyl (C=O) groups is 1. The molecule has 2 aromatic carbocycles. The molecule has 3 rings (SSSR count). The fourth-order valence-electron chi connectivity index (χ4n) is 2.61. The molecule has 1 amide bonds. The van der Waals surface area contributed by atoms with Gasteiger partial charge in [0.15, 0.2) is 0 Å². The molecule has 0 fully saturated rings. The fraction of sp³-hybridized carbons (Fsp3) is 0.222. The Hall–Kier alpha value is -3.57. The predicted octanol–water partition coefficient (Wildman–Crippen LogP) is 2.33. The van der Waals surface area contributed by atoms with E-state index in [2.05, 4.69) is 20.4 Å². The quantitative estimate of drug-likeness (QED) is 0.610. The molecule has 158 valence electrons. The lowest BCUT2D eigenvalue weighted by Crippen LogP contribution is -2.35. The molecular weight excluding hydrogens is 415 g/mol. The van der Waals surface area contributed by atoms with Crippen LogP contribution in [-0.4, -0.2) is 33.8 Å². The molecule has 1 N–H and O–H groups in total. The Morgan fingerprint density at radius 2 is 1.90 bits per heavy atom. The molecule has 7 nitrogen and oxygen atoms in total. The zero-order chi connectivity index (χ0) is 21.9. The molecule has 0 bridgehead atoms. The maximum atomic E-state index is 13.9. The van der Waals surface area contributed by atoms with Crippen molar-refractivity contribution in [3.8, 4) is 5.75 Å². The van der Waals surface area contributed by atoms with E-state index in [0.29, 0.717) is 6.07 Å². The van der Waals surface area contributed by atoms with Crippen LogP contribution in [0.4, 0.5) is 22.0 Å². The van der Waals surface area contributed by atoms with Crippen molar-refractivity contribution in [1.29, 1.82) is 0 Å². The number of carbonyl (C=O) groups excluding carboxylic acids is 1. The molecule has 0 spiro atoms. The summed E-state index contributed by atoms with van der Waals surface area (Å²) >= 11 is 0. The third-order valence-corrected chi connectivity index (χ3v) is 3.95. The maximum Gasteiger partial charge on any atom is 0.573 e. The van der Waals surface area contributed by atoms with E-state index < -0.39 is 41.8 Å². The lowest BCUT2D eigenvalue weighted by molar-refractivity contribution is -0.274. The topological polar surface area (TPSA) is 86.1 Å². The number of nitrogens with zero attached hydrogens (tertiary/aromatic N) is 3. The summed E-state index contributed by atoms with van der Waals surface area (Å²) in [5, 5.41) is 9.72. The van der Waals surface area contributed by atoms with Crippen LogP contribution in [0.3, 0.4) is 0 Å². The summed E-state index contributed by atoms with van der Waals surface area (Å²) in [6, 6.07) is 6.04. The van der Waals surface area contributed by atoms with Crippen molar-refractivity contribution in [1.82, 2.24) is 20.3 Å². The molecule has 0 saturated carbocycles. The monoisotopic (exact) mass is 428 g/mol. The van der Waals surface area contributed by atoms with Crippen LogP contribution in [0.25, 0.3) is 10.9 Å². The summed E-state index contributed by atoms with van der Waals surface area (Å²) in [5.41, 5.74) is -0.476. The van der Waals surface area contributed by atoms with Crippen LogP contribution in [0, 0.1) is 11.6 Å². The summed E-state index contributed by atoms with van der Waals surface area (Å²) in [5.74, 6) is -2.90. The molecule has 0 atom stereocenters. The minimum absolute atomic E-state index is 0.0205. The number of amides is 1. The van der Waals surface area contributed by atoms with Gasteiger partial charge in [0.2, 0.25) is 5.91 Å². The van der Waals surface area contributed by atoms with E-state index in [1.165, 1.54) is 6.07 Å². The summed E-state index contributed by atoms with van der Waals surface area (Å²) in [4.78, 5) is 24.3. The van der Waals surface area contributed by atoms with Crippen molar-refractivity contribution in [3.63, 3.8) is 0 Å². The zero-order valence-electron chi connectivity index (χ0n) is 15.0. The van der Waals surface area contributed by atoms with Gasteiger partial charge in [0.05, 0.1) is 5.39 Å². The second-order valence-electron chi connectivity index (χ2n) is 6.11. The second-order valence-corrected chi connectivity index (χ2v) is 6.11. The molecule has 3 aromatic rings. The van der Waals surface area contributed by atoms with Gasteiger partial charge in [0.25, 0.3) is 5.56 Å². The Morgan fingerprint density at radius 1 is 1.13 bits per heavy atom. The smallest absolute Gasteiger partial charge is 0.406 e. The number of aromatic nitrogens is 3. The third-order valence-electron chi connectivity index (χ3n) is 3.95. The van der Waals surface area contributed by atoms with Crippen molar-refractivity contribution in [3.05, 3.63) is 63.9 Å². The van der Waals surface area contributed by atoms with Crippen LogP contribution in [0.15, 0.2) is 41.2 Å². The number of rotatable bonds is 6. The number of alkyl halides is 3. The molecule has 0 unspecified atom stereocenters. The normalized spacial score (nSPS) is 11.5. The zero-order valence-corrected chi connectivity index (χ0v) is 15.0. The number of hydrogen-bond donors (Lipinski definition) is 1. The van der Waals surface area contributed by atoms with Crippen molar-refractivity contribution in [2.75, 3.05) is 6.54 Å². The Labute approximate surface area is 165 Å². The van der Waals surface area contributed by atoms with Crippen LogP contribution in [0.2, 0.25) is 0 Å². The molecule has 0 saturated heterocycles. The van der Waals surface area contributed by atoms with Gasteiger partial charge in [-0.2, -0.15) is 0 Å². The van der Waals surface area contributed by atoms with Crippen molar-refractivity contribution in [2.45, 2.75) is 19.3 Å². The molecule has 30 heavy (non-hydrogen) atoms. The first-order valence-corrected chi connectivity index (χ1v) is 8.46. The number of halogens is 5. The molecule has 1 heterocycles. The Balaban J connectivity index is 1.58. The maximum absolute atomic E-state index is 13.9. The van der Waals surface area contributed by atoms with Gasteiger partial charge in [-0.25, -0.2) is 13.5 Å². The van der Waals surface area contributed by atoms with Gasteiger partial charge >= 0.3 is 6.36 Å². The Bertz CT molecular complexity index is 1150. The van der Waals surface area contributed by atoms with Crippen molar-refractivity contribution < 1.29 is 31.5 Å². The molecule has 0 aliphatic heterocycles. The summed E-state index contributed by atoms with van der Waals surface area (Å²) < 4.78 is 68.0. The fourth-order valence-corrected chi connectivity index (χ4v) is 2.61. The first-order valence-electron chi connectivity index (χ1n) is 8.46. The number of hydrogen-bond acceptors (Lipinski definition) is 5. The van der Waals surface area contributed by atoms with Crippen molar-refractivity contribution in [2.24, 2.45) is 0 Å². The van der Waals surface area contributed by atoms with Gasteiger partial charge in [0.1, 0.15) is 29.4 Å². The number of fused-ring (bicyclic) bond motifs is 1. The Morgan fingerprint density at radius 3 is 2.60 bits per heavy atom. The van der Waals surface area contributed by atoms with Gasteiger partial charge in [0, 0.05) is 12.6 Å². The lowest BCUT2D eigenvalue weighted by atomic mass is 10.1. The summed E-state index contributed by atoms with van der Waals surface area (Å²) in [6.45, 7) is -0.557. The standard InChI is InChI=1S/C18H13F5N4O3/c19-11-2-4-15-13(7-11)17(29)27(26-25-15)9-16(28)24-6-5-10-1-3-12(8-14(10)20)30-18(21,22)23/h1-4,7-8H,5-6,9H2,(H,24,28). The van der Waals surface area contributed by atoms with Gasteiger partial charge in [-0.1, -0.05) is 11.3 Å². The Kier molecular flexibility index (Phi) is 5.94. The van der Waals surface area contributed by atoms with Crippen LogP contribution in [-0.2, 0) is 17.8 Å². The van der Waals surface area contributed by atoms with Gasteiger partial charge in [-0.05, 0) is 36.2 Å². The molecule has 0 aliphatic rings. The highest BCUT2D eigenvalue weighted by Crippen LogP contribution is 2.24. The van der Waals surface area contributed by atoms with E-state index in [9.17, 15) is 31.5 Å². The minimum atomic E-state index is -4.93. The van der Waals surface area contributed by atoms with Crippen LogP contribution in [0.1, 0.15) is 5.56 Å². The molecule has 1 aromatic heterocycles. The highest BCUT2D eigenvalue weighted by Gasteiger charge is 2.31. The lowest BCUT2D eigenvalue weighted by Gasteiger charge is -2.11. The number of benzene rings is 2. The SMILES string of the molecule is O=C(Cn1nnc2ccc(F)cc2c1=O)NCCc1ccc(OC(F)(F)F)cc1F. The van der Waals surface area contributed by atoms with Gasteiger partial charge < -0.3 is 10.1 Å². The van der Waals surface area contributed by atoms with E-state index in [4.69, 9.17) is 0 Å². The van der Waals surface area contributed by atoms with E-state index in [-0.39, 0.29) is 29.4 Å². The summed E-state index contributed by atoms with van der Waals surface area (Å²) in [6.07, 6.45) is -4.95. The van der Waals surface area contributed by atoms with Crippen LogP contribution in [0.5, 0.6) is 5.75 Å². The van der Waals surface area contributed by atoms with E-state index in [1.54, 1.807) is 0 Å². The number of nitrogens with one attached hydrogen (secondary N) is 1. The van der Waals surface area contributed by atoms with E-state index in [0.717, 1.165) is 28.9 Å². The average Bonchev–Trinajstić information content (AvgIpc) is 2.65. The molecular formula is C18H13F5N4O3. The largest absolute Gasteiger partial charge is 0.573 e. The van der Waals surface area contributed by atoms with Gasteiger partial charge in [-0.3, -0.25) is 9.59 Å². The highest BCUT2D eigenvalue weighted by atomic mass is 19.4. The molecule has 0 aliphatic carbocycles. The average molecular weight is 428 g/mol. The summed E-state index contributed by atoms with van der Waals surface area (Å²) in [7, 11) is 0. The van der Waals surface area contributed by atoms with Gasteiger partial charge in [-0.15, -0.1) is 18.3 Å². The molecule has 0 radical (unpaired) electrons. The van der Waals surface area contributed by atoms with Crippen molar-refractivity contribution >= 4 is 16.8 Å².